The SMILES string of the molecule is C=C=Cc1cc(CC(=C)C)ccc1C=C=S=C. The number of hydrogen-bond donors (Lipinski definition) is 0. The molecule has 0 fully saturated rings. The van der Waals surface area contributed by atoms with Crippen LogP contribution in [0.3, 0.4) is 0 Å². The van der Waals surface area contributed by atoms with Crippen molar-refractivity contribution in [3.63, 3.8) is 0 Å². The van der Waals surface area contributed by atoms with Crippen LogP contribution in [0.5, 0.6) is 0 Å². The van der Waals surface area contributed by atoms with Gasteiger partial charge in [0.2, 0.25) is 0 Å². The molecule has 1 rings (SSSR count). The minimum Gasteiger partial charge on any atom is -0.128 e. The first-order valence-corrected chi connectivity index (χ1v) is 6.29. The van der Waals surface area contributed by atoms with E-state index in [0.717, 1.165) is 23.1 Å². The second kappa shape index (κ2) is 6.73. The summed E-state index contributed by atoms with van der Waals surface area (Å²) in [6.45, 7) is 9.58. The van der Waals surface area contributed by atoms with Crippen molar-refractivity contribution in [3.05, 3.63) is 59.4 Å². The maximum absolute atomic E-state index is 3.93. The predicted octanol–water partition coefficient (Wildman–Crippen LogP) is 4.18. The molecule has 0 aromatic heterocycles. The molecule has 1 aromatic carbocycles. The van der Waals surface area contributed by atoms with E-state index in [1.807, 2.05) is 19.1 Å². The molecule has 0 atom stereocenters. The normalized spacial score (nSPS) is 8.76. The molecular weight excluding hydrogens is 224 g/mol. The molecular formula is C16H16S. The van der Waals surface area contributed by atoms with Crippen LogP contribution >= 0.6 is 10.9 Å². The molecule has 0 N–H and O–H groups in total. The van der Waals surface area contributed by atoms with Gasteiger partial charge in [0, 0.05) is 0 Å². The molecule has 0 spiro atoms. The van der Waals surface area contributed by atoms with Gasteiger partial charge in [-0.25, -0.2) is 0 Å². The van der Waals surface area contributed by atoms with Crippen LogP contribution in [-0.4, -0.2) is 10.9 Å². The highest BCUT2D eigenvalue weighted by Gasteiger charge is 1.99. The molecule has 86 valence electrons. The van der Waals surface area contributed by atoms with Crippen molar-refractivity contribution in [2.24, 2.45) is 0 Å². The van der Waals surface area contributed by atoms with E-state index in [0.29, 0.717) is 0 Å². The Morgan fingerprint density at radius 1 is 1.35 bits per heavy atom. The summed E-state index contributed by atoms with van der Waals surface area (Å²) in [6.07, 6.45) is 4.70. The Morgan fingerprint density at radius 3 is 2.71 bits per heavy atom. The van der Waals surface area contributed by atoms with E-state index in [4.69, 9.17) is 0 Å². The molecule has 1 aromatic rings. The molecule has 0 aliphatic heterocycles. The quantitative estimate of drug-likeness (QED) is 0.421. The lowest BCUT2D eigenvalue weighted by atomic mass is 10.00. The summed E-state index contributed by atoms with van der Waals surface area (Å²) in [7, 11) is 1.32. The number of hydrogen-bond acceptors (Lipinski definition) is 0. The summed E-state index contributed by atoms with van der Waals surface area (Å²) in [5.41, 5.74) is 7.41. The maximum atomic E-state index is 3.93. The van der Waals surface area contributed by atoms with Crippen LogP contribution < -0.4 is 0 Å². The molecule has 0 heterocycles. The van der Waals surface area contributed by atoms with Crippen molar-refractivity contribution in [3.8, 4) is 0 Å². The van der Waals surface area contributed by atoms with Crippen LogP contribution in [-0.2, 0) is 6.42 Å². The van der Waals surface area contributed by atoms with Crippen LogP contribution in [0.25, 0.3) is 12.2 Å². The van der Waals surface area contributed by atoms with Crippen molar-refractivity contribution in [2.45, 2.75) is 13.3 Å². The van der Waals surface area contributed by atoms with Gasteiger partial charge in [-0.3, -0.25) is 0 Å². The average molecular weight is 240 g/mol. The van der Waals surface area contributed by atoms with Crippen molar-refractivity contribution < 1.29 is 0 Å². The molecule has 0 saturated heterocycles. The zero-order valence-corrected chi connectivity index (χ0v) is 10.9. The first-order chi connectivity index (χ1) is 8.17. The Bertz CT molecular complexity index is 559. The van der Waals surface area contributed by atoms with Gasteiger partial charge in [-0.1, -0.05) is 42.0 Å². The van der Waals surface area contributed by atoms with Gasteiger partial charge in [-0.2, -0.15) is 0 Å². The second-order valence-corrected chi connectivity index (χ2v) is 4.38. The zero-order valence-electron chi connectivity index (χ0n) is 10.1. The molecule has 0 unspecified atom stereocenters. The molecule has 0 nitrogen and oxygen atoms in total. The molecule has 0 aliphatic rings. The van der Waals surface area contributed by atoms with Gasteiger partial charge in [0.1, 0.15) is 0 Å². The third kappa shape index (κ3) is 4.30. The average Bonchev–Trinajstić information content (AvgIpc) is 2.28. The van der Waals surface area contributed by atoms with Gasteiger partial charge < -0.3 is 0 Å². The highest BCUT2D eigenvalue weighted by atomic mass is 32.1. The van der Waals surface area contributed by atoms with Crippen molar-refractivity contribution >= 4 is 34.0 Å². The second-order valence-electron chi connectivity index (χ2n) is 3.85. The van der Waals surface area contributed by atoms with Crippen LogP contribution in [0.4, 0.5) is 0 Å². The lowest BCUT2D eigenvalue weighted by molar-refractivity contribution is 1.15. The monoisotopic (exact) mass is 240 g/mol. The predicted molar refractivity (Wildman–Crippen MR) is 82.7 cm³/mol. The van der Waals surface area contributed by atoms with Crippen LogP contribution in [0.2, 0.25) is 0 Å². The fourth-order valence-electron chi connectivity index (χ4n) is 1.55. The zero-order chi connectivity index (χ0) is 12.7. The van der Waals surface area contributed by atoms with Gasteiger partial charge >= 0.3 is 0 Å². The standard InChI is InChI=1S/C16H16S/c1-5-6-16-12-14(11-13(2)3)7-8-15(16)9-10-17-4/h6-9,12H,1-2,4,11H2,3H3. The molecule has 1 heteroatoms. The van der Waals surface area contributed by atoms with Gasteiger partial charge in [0.25, 0.3) is 0 Å². The minimum atomic E-state index is 0.899. The Hall–Kier alpha value is -1.78. The van der Waals surface area contributed by atoms with Crippen molar-refractivity contribution in [2.75, 3.05) is 0 Å². The van der Waals surface area contributed by atoms with Gasteiger partial charge in [0.05, 0.1) is 0 Å². The molecule has 0 amide bonds. The highest BCUT2D eigenvalue weighted by Crippen LogP contribution is 2.16. The van der Waals surface area contributed by atoms with E-state index in [2.05, 4.69) is 48.0 Å². The van der Waals surface area contributed by atoms with Gasteiger partial charge in [-0.15, -0.1) is 16.7 Å². The summed E-state index contributed by atoms with van der Waals surface area (Å²) < 4.78 is 0. The smallest absolute Gasteiger partial charge is 0.00138 e. The first-order valence-electron chi connectivity index (χ1n) is 5.30. The third-order valence-electron chi connectivity index (χ3n) is 2.21. The Labute approximate surface area is 107 Å². The molecule has 17 heavy (non-hydrogen) atoms. The molecule has 0 radical (unpaired) electrons. The van der Waals surface area contributed by atoms with E-state index in [1.54, 1.807) is 0 Å². The minimum absolute atomic E-state index is 0.899. The summed E-state index contributed by atoms with van der Waals surface area (Å²) in [6, 6.07) is 6.31. The van der Waals surface area contributed by atoms with Crippen molar-refractivity contribution in [1.82, 2.24) is 0 Å². The summed E-state index contributed by atoms with van der Waals surface area (Å²) in [5.74, 6) is 3.66. The van der Waals surface area contributed by atoms with E-state index in [1.165, 1.54) is 16.5 Å². The molecule has 0 bridgehead atoms. The molecule has 0 saturated carbocycles. The number of allylic oxidation sites excluding steroid dienone is 1. The lowest BCUT2D eigenvalue weighted by Gasteiger charge is -2.05. The lowest BCUT2D eigenvalue weighted by Crippen LogP contribution is -1.89. The number of rotatable bonds is 4. The Morgan fingerprint density at radius 2 is 2.12 bits per heavy atom. The highest BCUT2D eigenvalue weighted by molar-refractivity contribution is 7.94. The fraction of sp³-hybridized carbons (Fsp3) is 0.125. The summed E-state index contributed by atoms with van der Waals surface area (Å²) >= 11 is 0. The van der Waals surface area contributed by atoms with E-state index < -0.39 is 0 Å². The van der Waals surface area contributed by atoms with Crippen LogP contribution in [0, 0.1) is 0 Å². The van der Waals surface area contributed by atoms with E-state index in [9.17, 15) is 0 Å². The third-order valence-corrected chi connectivity index (χ3v) is 2.50. The topological polar surface area (TPSA) is 0 Å². The first kappa shape index (κ1) is 13.3. The van der Waals surface area contributed by atoms with Crippen molar-refractivity contribution in [1.29, 1.82) is 0 Å². The van der Waals surface area contributed by atoms with Crippen LogP contribution in [0.1, 0.15) is 23.6 Å². The number of benzene rings is 1. The largest absolute Gasteiger partial charge is 0.128 e. The van der Waals surface area contributed by atoms with E-state index in [-0.39, 0.29) is 0 Å². The van der Waals surface area contributed by atoms with E-state index >= 15 is 0 Å². The Balaban J connectivity index is 3.25. The summed E-state index contributed by atoms with van der Waals surface area (Å²) in [4.78, 5) is 0. The van der Waals surface area contributed by atoms with Gasteiger partial charge in [0.15, 0.2) is 0 Å². The maximum Gasteiger partial charge on any atom is -0.00138 e. The molecule has 0 aliphatic carbocycles. The van der Waals surface area contributed by atoms with Gasteiger partial charge in [-0.05, 0) is 48.1 Å². The Kier molecular flexibility index (Phi) is 5.26. The fourth-order valence-corrected chi connectivity index (χ4v) is 1.76. The van der Waals surface area contributed by atoms with Crippen LogP contribution in [0.15, 0.2) is 42.7 Å². The summed E-state index contributed by atoms with van der Waals surface area (Å²) in [5, 5.41) is 3.02.